The van der Waals surface area contributed by atoms with E-state index >= 15 is 0 Å². The maximum absolute atomic E-state index is 9.37. The van der Waals surface area contributed by atoms with Crippen molar-refractivity contribution in [2.45, 2.75) is 50.7 Å². The number of aliphatic hydroxyl groups is 1. The minimum Gasteiger partial charge on any atom is -0.392 e. The van der Waals surface area contributed by atoms with Crippen molar-refractivity contribution in [3.8, 4) is 0 Å². The number of rotatable bonds is 1. The van der Waals surface area contributed by atoms with Gasteiger partial charge in [0.25, 0.3) is 0 Å². The van der Waals surface area contributed by atoms with Crippen LogP contribution in [0.3, 0.4) is 0 Å². The summed E-state index contributed by atoms with van der Waals surface area (Å²) in [5.74, 6) is 0.857. The molecule has 0 bridgehead atoms. The van der Waals surface area contributed by atoms with Crippen LogP contribution in [0.2, 0.25) is 0 Å². The van der Waals surface area contributed by atoms with Gasteiger partial charge in [0.05, 0.1) is 6.10 Å². The standard InChI is InChI=1S/C10H19NO/c12-9-6-10(11-7-9)8-4-2-1-3-5-8/h8-12H,1-7H2. The van der Waals surface area contributed by atoms with Crippen LogP contribution in [-0.4, -0.2) is 23.8 Å². The Bertz CT molecular complexity index is 140. The van der Waals surface area contributed by atoms with Crippen molar-refractivity contribution in [2.75, 3.05) is 6.54 Å². The summed E-state index contributed by atoms with van der Waals surface area (Å²) in [5.41, 5.74) is 0. The lowest BCUT2D eigenvalue weighted by Crippen LogP contribution is -2.31. The number of aliphatic hydroxyl groups excluding tert-OH is 1. The quantitative estimate of drug-likeness (QED) is 0.620. The number of hydrogen-bond donors (Lipinski definition) is 2. The summed E-state index contributed by atoms with van der Waals surface area (Å²) in [6, 6.07) is 0.625. The molecule has 2 rings (SSSR count). The van der Waals surface area contributed by atoms with Crippen molar-refractivity contribution >= 4 is 0 Å². The third-order valence-corrected chi connectivity index (χ3v) is 3.36. The third kappa shape index (κ3) is 1.80. The van der Waals surface area contributed by atoms with Gasteiger partial charge in [-0.15, -0.1) is 0 Å². The first-order valence-corrected chi connectivity index (χ1v) is 5.28. The maximum Gasteiger partial charge on any atom is 0.0679 e. The predicted octanol–water partition coefficient (Wildman–Crippen LogP) is 1.29. The molecule has 2 aliphatic rings. The van der Waals surface area contributed by atoms with E-state index in [0.717, 1.165) is 18.9 Å². The lowest BCUT2D eigenvalue weighted by Gasteiger charge is -2.27. The zero-order chi connectivity index (χ0) is 8.39. The Morgan fingerprint density at radius 2 is 1.83 bits per heavy atom. The molecular weight excluding hydrogens is 150 g/mol. The fourth-order valence-corrected chi connectivity index (χ4v) is 2.64. The van der Waals surface area contributed by atoms with Crippen molar-refractivity contribution in [2.24, 2.45) is 5.92 Å². The second-order valence-electron chi connectivity index (χ2n) is 4.30. The van der Waals surface area contributed by atoms with Crippen LogP contribution in [0.4, 0.5) is 0 Å². The highest BCUT2D eigenvalue weighted by Crippen LogP contribution is 2.29. The largest absolute Gasteiger partial charge is 0.392 e. The molecule has 0 aromatic heterocycles. The van der Waals surface area contributed by atoms with Crippen molar-refractivity contribution in [3.05, 3.63) is 0 Å². The fourth-order valence-electron chi connectivity index (χ4n) is 2.64. The summed E-state index contributed by atoms with van der Waals surface area (Å²) >= 11 is 0. The van der Waals surface area contributed by atoms with Crippen LogP contribution in [0.15, 0.2) is 0 Å². The summed E-state index contributed by atoms with van der Waals surface area (Å²) in [6.45, 7) is 0.821. The molecular formula is C10H19NO. The molecule has 1 heterocycles. The Morgan fingerprint density at radius 3 is 2.42 bits per heavy atom. The van der Waals surface area contributed by atoms with Crippen LogP contribution in [0.1, 0.15) is 38.5 Å². The Kier molecular flexibility index (Phi) is 2.66. The van der Waals surface area contributed by atoms with Crippen LogP contribution in [0, 0.1) is 5.92 Å². The van der Waals surface area contributed by atoms with Gasteiger partial charge in [0.1, 0.15) is 0 Å². The molecule has 0 amide bonds. The van der Waals surface area contributed by atoms with Crippen LogP contribution >= 0.6 is 0 Å². The highest BCUT2D eigenvalue weighted by Gasteiger charge is 2.29. The number of hydrogen-bond acceptors (Lipinski definition) is 2. The Labute approximate surface area is 74.4 Å². The van der Waals surface area contributed by atoms with Gasteiger partial charge in [-0.2, -0.15) is 0 Å². The first kappa shape index (κ1) is 8.52. The molecule has 12 heavy (non-hydrogen) atoms. The van der Waals surface area contributed by atoms with E-state index in [9.17, 15) is 5.11 Å². The summed E-state index contributed by atoms with van der Waals surface area (Å²) in [4.78, 5) is 0. The number of β-amino-alcohol motifs (C(OH)–C–C–N with tert-alkyl or cyclic N) is 1. The van der Waals surface area contributed by atoms with E-state index in [4.69, 9.17) is 0 Å². The van der Waals surface area contributed by atoms with Gasteiger partial charge in [0.2, 0.25) is 0 Å². The fraction of sp³-hybridized carbons (Fsp3) is 1.00. The second kappa shape index (κ2) is 3.75. The van der Waals surface area contributed by atoms with Gasteiger partial charge in [0.15, 0.2) is 0 Å². The molecule has 0 aromatic rings. The summed E-state index contributed by atoms with van der Waals surface area (Å²) in [7, 11) is 0. The van der Waals surface area contributed by atoms with Crippen LogP contribution in [0.5, 0.6) is 0 Å². The van der Waals surface area contributed by atoms with E-state index in [-0.39, 0.29) is 6.10 Å². The van der Waals surface area contributed by atoms with Crippen molar-refractivity contribution in [3.63, 3.8) is 0 Å². The average molecular weight is 169 g/mol. The van der Waals surface area contributed by atoms with E-state index in [0.29, 0.717) is 6.04 Å². The predicted molar refractivity (Wildman–Crippen MR) is 49.0 cm³/mol. The smallest absolute Gasteiger partial charge is 0.0679 e. The van der Waals surface area contributed by atoms with E-state index in [1.54, 1.807) is 0 Å². The molecule has 70 valence electrons. The molecule has 1 saturated carbocycles. The average Bonchev–Trinajstić information content (AvgIpc) is 2.54. The van der Waals surface area contributed by atoms with Crippen LogP contribution < -0.4 is 5.32 Å². The van der Waals surface area contributed by atoms with Gasteiger partial charge in [0, 0.05) is 12.6 Å². The molecule has 2 N–H and O–H groups in total. The zero-order valence-corrected chi connectivity index (χ0v) is 7.63. The zero-order valence-electron chi connectivity index (χ0n) is 7.63. The Hall–Kier alpha value is -0.0800. The minimum absolute atomic E-state index is 0.0723. The molecule has 1 aliphatic heterocycles. The second-order valence-corrected chi connectivity index (χ2v) is 4.30. The highest BCUT2D eigenvalue weighted by molar-refractivity contribution is 4.87. The lowest BCUT2D eigenvalue weighted by atomic mass is 9.83. The normalized spacial score (nSPS) is 38.8. The van der Waals surface area contributed by atoms with Gasteiger partial charge < -0.3 is 10.4 Å². The molecule has 1 saturated heterocycles. The SMILES string of the molecule is OC1CNC(C2CCCCC2)C1. The maximum atomic E-state index is 9.37. The summed E-state index contributed by atoms with van der Waals surface area (Å²) < 4.78 is 0. The molecule has 0 spiro atoms. The molecule has 0 aromatic carbocycles. The van der Waals surface area contributed by atoms with E-state index in [1.807, 2.05) is 0 Å². The lowest BCUT2D eigenvalue weighted by molar-refractivity contribution is 0.185. The molecule has 2 unspecified atom stereocenters. The summed E-state index contributed by atoms with van der Waals surface area (Å²) in [6.07, 6.45) is 7.90. The molecule has 2 nitrogen and oxygen atoms in total. The molecule has 2 fully saturated rings. The topological polar surface area (TPSA) is 32.3 Å². The number of nitrogens with one attached hydrogen (secondary N) is 1. The van der Waals surface area contributed by atoms with Gasteiger partial charge in [-0.05, 0) is 25.2 Å². The van der Waals surface area contributed by atoms with Crippen molar-refractivity contribution in [1.29, 1.82) is 0 Å². The van der Waals surface area contributed by atoms with Gasteiger partial charge in [-0.3, -0.25) is 0 Å². The van der Waals surface area contributed by atoms with E-state index in [1.165, 1.54) is 32.1 Å². The molecule has 1 aliphatic carbocycles. The third-order valence-electron chi connectivity index (χ3n) is 3.36. The highest BCUT2D eigenvalue weighted by atomic mass is 16.3. The first-order valence-electron chi connectivity index (χ1n) is 5.28. The van der Waals surface area contributed by atoms with Gasteiger partial charge >= 0.3 is 0 Å². The Balaban J connectivity index is 1.83. The first-order chi connectivity index (χ1) is 5.86. The van der Waals surface area contributed by atoms with Crippen LogP contribution in [0.25, 0.3) is 0 Å². The van der Waals surface area contributed by atoms with Crippen molar-refractivity contribution in [1.82, 2.24) is 5.32 Å². The van der Waals surface area contributed by atoms with Crippen molar-refractivity contribution < 1.29 is 5.11 Å². The van der Waals surface area contributed by atoms with E-state index < -0.39 is 0 Å². The molecule has 0 radical (unpaired) electrons. The molecule has 2 atom stereocenters. The summed E-state index contributed by atoms with van der Waals surface area (Å²) in [5, 5.41) is 12.8. The monoisotopic (exact) mass is 169 g/mol. The van der Waals surface area contributed by atoms with Gasteiger partial charge in [-0.1, -0.05) is 19.3 Å². The van der Waals surface area contributed by atoms with Crippen LogP contribution in [-0.2, 0) is 0 Å². The van der Waals surface area contributed by atoms with Gasteiger partial charge in [-0.25, -0.2) is 0 Å². The molecule has 2 heteroatoms. The van der Waals surface area contributed by atoms with E-state index in [2.05, 4.69) is 5.32 Å². The minimum atomic E-state index is -0.0723. The Morgan fingerprint density at radius 1 is 1.08 bits per heavy atom.